The quantitative estimate of drug-likeness (QED) is 0.357. The van der Waals surface area contributed by atoms with Gasteiger partial charge in [-0.05, 0) is 37.3 Å². The van der Waals surface area contributed by atoms with E-state index in [0.29, 0.717) is 34.2 Å². The highest BCUT2D eigenvalue weighted by Gasteiger charge is 2.14. The highest BCUT2D eigenvalue weighted by molar-refractivity contribution is 7.80. The molecule has 7 nitrogen and oxygen atoms in total. The summed E-state index contributed by atoms with van der Waals surface area (Å²) in [5, 5.41) is 6.41. The number of benzene rings is 1. The lowest BCUT2D eigenvalue weighted by atomic mass is 10.1. The SMILES string of the molecule is C/C(Cn1cc(-c2csc(N)n2)c(=O)c2cc(F)ccc21)=N\NC(N)=S. The summed E-state index contributed by atoms with van der Waals surface area (Å²) in [7, 11) is 0. The van der Waals surface area contributed by atoms with Gasteiger partial charge in [0.1, 0.15) is 5.82 Å². The molecule has 3 aromatic rings. The summed E-state index contributed by atoms with van der Waals surface area (Å²) in [6.07, 6.45) is 1.66. The van der Waals surface area contributed by atoms with Gasteiger partial charge in [-0.15, -0.1) is 11.3 Å². The molecule has 0 fully saturated rings. The van der Waals surface area contributed by atoms with E-state index in [1.165, 1.54) is 23.5 Å². The molecule has 0 aliphatic rings. The molecule has 10 heteroatoms. The number of nitrogens with two attached hydrogens (primary N) is 2. The van der Waals surface area contributed by atoms with Crippen molar-refractivity contribution >= 4 is 50.4 Å². The molecule has 134 valence electrons. The summed E-state index contributed by atoms with van der Waals surface area (Å²) >= 11 is 5.95. The molecule has 0 amide bonds. The number of aromatic nitrogens is 2. The molecule has 2 heterocycles. The third kappa shape index (κ3) is 3.70. The van der Waals surface area contributed by atoms with Gasteiger partial charge in [-0.25, -0.2) is 9.37 Å². The van der Waals surface area contributed by atoms with Crippen LogP contribution in [0.25, 0.3) is 22.2 Å². The van der Waals surface area contributed by atoms with Gasteiger partial charge in [-0.1, -0.05) is 0 Å². The van der Waals surface area contributed by atoms with E-state index >= 15 is 0 Å². The van der Waals surface area contributed by atoms with Crippen LogP contribution in [0.2, 0.25) is 0 Å². The van der Waals surface area contributed by atoms with Crippen LogP contribution in [0.3, 0.4) is 0 Å². The first-order chi connectivity index (χ1) is 12.3. The fourth-order valence-corrected chi connectivity index (χ4v) is 3.14. The second kappa shape index (κ2) is 7.18. The van der Waals surface area contributed by atoms with Crippen molar-refractivity contribution in [1.29, 1.82) is 0 Å². The molecular formula is C16H15FN6OS2. The van der Waals surface area contributed by atoms with Gasteiger partial charge in [0.2, 0.25) is 0 Å². The molecule has 0 spiro atoms. The second-order valence-corrected chi connectivity index (χ2v) is 6.88. The van der Waals surface area contributed by atoms with E-state index in [9.17, 15) is 9.18 Å². The van der Waals surface area contributed by atoms with Gasteiger partial charge >= 0.3 is 0 Å². The number of pyridine rings is 1. The Hall–Kier alpha value is -2.85. The van der Waals surface area contributed by atoms with Crippen LogP contribution in [0, 0.1) is 5.82 Å². The van der Waals surface area contributed by atoms with Gasteiger partial charge in [-0.3, -0.25) is 10.2 Å². The number of rotatable bonds is 4. The number of thiazole rings is 1. The van der Waals surface area contributed by atoms with Gasteiger partial charge < -0.3 is 16.0 Å². The Bertz CT molecular complexity index is 1090. The molecule has 0 radical (unpaired) electrons. The van der Waals surface area contributed by atoms with Crippen molar-refractivity contribution < 1.29 is 4.39 Å². The van der Waals surface area contributed by atoms with E-state index in [-0.39, 0.29) is 15.9 Å². The largest absolute Gasteiger partial charge is 0.375 e. The lowest BCUT2D eigenvalue weighted by Crippen LogP contribution is -2.26. The van der Waals surface area contributed by atoms with E-state index in [0.717, 1.165) is 0 Å². The number of anilines is 1. The lowest BCUT2D eigenvalue weighted by molar-refractivity contribution is 0.629. The van der Waals surface area contributed by atoms with Crippen LogP contribution < -0.4 is 22.3 Å². The minimum Gasteiger partial charge on any atom is -0.375 e. The molecular weight excluding hydrogens is 375 g/mol. The number of thiocarbonyl (C=S) groups is 1. The number of nitrogens with one attached hydrogen (secondary N) is 1. The van der Waals surface area contributed by atoms with Gasteiger partial charge in [-0.2, -0.15) is 5.10 Å². The first kappa shape index (κ1) is 18.0. The molecule has 26 heavy (non-hydrogen) atoms. The third-order valence-corrected chi connectivity index (χ3v) is 4.36. The number of nitrogens with zero attached hydrogens (tertiary/aromatic N) is 3. The highest BCUT2D eigenvalue weighted by atomic mass is 32.1. The lowest BCUT2D eigenvalue weighted by Gasteiger charge is -2.13. The third-order valence-electron chi connectivity index (χ3n) is 3.60. The summed E-state index contributed by atoms with van der Waals surface area (Å²) in [6, 6.07) is 4.07. The zero-order valence-corrected chi connectivity index (χ0v) is 15.3. The Kier molecular flexibility index (Phi) is 4.96. The van der Waals surface area contributed by atoms with Crippen molar-refractivity contribution in [3.63, 3.8) is 0 Å². The van der Waals surface area contributed by atoms with Crippen LogP contribution in [0.5, 0.6) is 0 Å². The maximum absolute atomic E-state index is 13.7. The van der Waals surface area contributed by atoms with Crippen molar-refractivity contribution in [1.82, 2.24) is 15.0 Å². The predicted octanol–water partition coefficient (Wildman–Crippen LogP) is 2.06. The minimum atomic E-state index is -0.489. The van der Waals surface area contributed by atoms with Gasteiger partial charge in [0.15, 0.2) is 15.7 Å². The summed E-state index contributed by atoms with van der Waals surface area (Å²) < 4.78 is 15.5. The molecule has 1 aromatic carbocycles. The Morgan fingerprint density at radius 3 is 2.92 bits per heavy atom. The van der Waals surface area contributed by atoms with Crippen LogP contribution >= 0.6 is 23.6 Å². The number of hydrazone groups is 1. The summed E-state index contributed by atoms with van der Waals surface area (Å²) in [5.41, 5.74) is 15.3. The Labute approximate surface area is 157 Å². The average molecular weight is 390 g/mol. The normalized spacial score (nSPS) is 11.7. The topological polar surface area (TPSA) is 111 Å². The maximum atomic E-state index is 13.7. The smallest absolute Gasteiger partial charge is 0.198 e. The predicted molar refractivity (Wildman–Crippen MR) is 107 cm³/mol. The summed E-state index contributed by atoms with van der Waals surface area (Å²) in [5.74, 6) is -0.489. The van der Waals surface area contributed by atoms with E-state index in [1.807, 2.05) is 0 Å². The van der Waals surface area contributed by atoms with Crippen LogP contribution in [-0.2, 0) is 6.54 Å². The van der Waals surface area contributed by atoms with Gasteiger partial charge in [0, 0.05) is 17.0 Å². The van der Waals surface area contributed by atoms with Crippen molar-refractivity contribution in [3.05, 3.63) is 45.8 Å². The van der Waals surface area contributed by atoms with Crippen LogP contribution in [0.4, 0.5) is 9.52 Å². The molecule has 0 atom stereocenters. The van der Waals surface area contributed by atoms with Crippen molar-refractivity contribution in [2.75, 3.05) is 5.73 Å². The van der Waals surface area contributed by atoms with Crippen LogP contribution in [0.15, 0.2) is 39.7 Å². The average Bonchev–Trinajstić information content (AvgIpc) is 3.01. The molecule has 0 aliphatic heterocycles. The molecule has 0 aliphatic carbocycles. The van der Waals surface area contributed by atoms with Crippen LogP contribution in [-0.4, -0.2) is 20.4 Å². The second-order valence-electron chi connectivity index (χ2n) is 5.56. The maximum Gasteiger partial charge on any atom is 0.198 e. The number of hydrogen-bond acceptors (Lipinski definition) is 6. The molecule has 2 aromatic heterocycles. The van der Waals surface area contributed by atoms with E-state index in [2.05, 4.69) is 15.5 Å². The summed E-state index contributed by atoms with van der Waals surface area (Å²) in [6.45, 7) is 2.11. The van der Waals surface area contributed by atoms with E-state index in [1.54, 1.807) is 29.1 Å². The summed E-state index contributed by atoms with van der Waals surface area (Å²) in [4.78, 5) is 17.0. The Morgan fingerprint density at radius 2 is 2.27 bits per heavy atom. The highest BCUT2D eigenvalue weighted by Crippen LogP contribution is 2.23. The standard InChI is InChI=1S/C16H15FN6OS2/c1-8(21-22-15(18)25)5-23-6-11(12-7-26-16(19)20-12)14(24)10-4-9(17)2-3-13(10)23/h2-4,6-7H,5H2,1H3,(H2,19,20)(H3,18,22,25)/b21-8+. The van der Waals surface area contributed by atoms with Gasteiger partial charge in [0.05, 0.1) is 29.0 Å². The fourth-order valence-electron chi connectivity index (χ4n) is 2.53. The zero-order valence-electron chi connectivity index (χ0n) is 13.7. The number of hydrogen-bond donors (Lipinski definition) is 3. The number of halogens is 1. The van der Waals surface area contributed by atoms with Gasteiger partial charge in [0.25, 0.3) is 0 Å². The molecule has 0 saturated heterocycles. The van der Waals surface area contributed by atoms with Crippen molar-refractivity contribution in [2.45, 2.75) is 13.5 Å². The molecule has 5 N–H and O–H groups in total. The fraction of sp³-hybridized carbons (Fsp3) is 0.125. The van der Waals surface area contributed by atoms with Crippen molar-refractivity contribution in [2.24, 2.45) is 10.8 Å². The van der Waals surface area contributed by atoms with Crippen LogP contribution in [0.1, 0.15) is 6.92 Å². The Morgan fingerprint density at radius 1 is 1.50 bits per heavy atom. The zero-order chi connectivity index (χ0) is 18.8. The van der Waals surface area contributed by atoms with Crippen molar-refractivity contribution in [3.8, 4) is 11.3 Å². The molecule has 0 saturated carbocycles. The minimum absolute atomic E-state index is 0.0508. The monoisotopic (exact) mass is 390 g/mol. The number of nitrogen functional groups attached to an aromatic ring is 1. The molecule has 0 unspecified atom stereocenters. The first-order valence-electron chi connectivity index (χ1n) is 7.48. The van der Waals surface area contributed by atoms with E-state index < -0.39 is 5.82 Å². The molecule has 0 bridgehead atoms. The first-order valence-corrected chi connectivity index (χ1v) is 8.76. The molecule has 3 rings (SSSR count). The Balaban J connectivity index is 2.18. The van der Waals surface area contributed by atoms with E-state index in [4.69, 9.17) is 23.7 Å². The number of fused-ring (bicyclic) bond motifs is 1.